The molecule has 1 aliphatic rings. The highest BCUT2D eigenvalue weighted by molar-refractivity contribution is 8.03. The van der Waals surface area contributed by atoms with Gasteiger partial charge in [-0.2, -0.15) is 0 Å². The Morgan fingerprint density at radius 2 is 2.00 bits per heavy atom. The minimum atomic E-state index is -1.17. The van der Waals surface area contributed by atoms with Gasteiger partial charge in [0.1, 0.15) is 11.6 Å². The van der Waals surface area contributed by atoms with Crippen molar-refractivity contribution in [1.82, 2.24) is 20.9 Å². The van der Waals surface area contributed by atoms with Crippen molar-refractivity contribution in [3.8, 4) is 0 Å². The Hall–Kier alpha value is -2.10. The van der Waals surface area contributed by atoms with Gasteiger partial charge in [0, 0.05) is 19.3 Å². The lowest BCUT2D eigenvalue weighted by Crippen LogP contribution is -2.49. The van der Waals surface area contributed by atoms with Gasteiger partial charge in [-0.25, -0.2) is 14.4 Å². The number of carbonyl (C=O) groups is 3. The van der Waals surface area contributed by atoms with Crippen LogP contribution in [0.4, 0.5) is 9.59 Å². The molecule has 1 heterocycles. The Morgan fingerprint density at radius 1 is 1.36 bits per heavy atom. The summed E-state index contributed by atoms with van der Waals surface area (Å²) in [6.07, 6.45) is -0.586. The number of thioether (sulfide) groups is 1. The van der Waals surface area contributed by atoms with Gasteiger partial charge in [-0.05, 0) is 38.5 Å². The maximum absolute atomic E-state index is 12.3. The zero-order chi connectivity index (χ0) is 21.5. The van der Waals surface area contributed by atoms with Crippen LogP contribution in [-0.4, -0.2) is 65.3 Å². The van der Waals surface area contributed by atoms with Crippen LogP contribution >= 0.6 is 11.8 Å². The van der Waals surface area contributed by atoms with Crippen molar-refractivity contribution in [1.29, 1.82) is 0 Å². The third-order valence-corrected chi connectivity index (χ3v) is 5.12. The monoisotopic (exact) mass is 416 g/mol. The Labute approximate surface area is 170 Å². The van der Waals surface area contributed by atoms with Crippen LogP contribution in [0.5, 0.6) is 0 Å². The number of hydrogen-bond acceptors (Lipinski definition) is 6. The summed E-state index contributed by atoms with van der Waals surface area (Å²) in [5.74, 6) is -0.715. The molecule has 0 aromatic rings. The fourth-order valence-electron chi connectivity index (χ4n) is 2.29. The number of carboxylic acids is 1. The van der Waals surface area contributed by atoms with Gasteiger partial charge >= 0.3 is 18.1 Å². The smallest absolute Gasteiger partial charge is 0.407 e. The first-order valence-electron chi connectivity index (χ1n) is 9.21. The molecule has 1 aliphatic heterocycles. The molecule has 0 saturated carbocycles. The first-order valence-corrected chi connectivity index (χ1v) is 10.2. The van der Waals surface area contributed by atoms with E-state index in [2.05, 4.69) is 29.8 Å². The lowest BCUT2D eigenvalue weighted by Gasteiger charge is -2.23. The van der Waals surface area contributed by atoms with Crippen molar-refractivity contribution < 1.29 is 24.2 Å². The van der Waals surface area contributed by atoms with Crippen LogP contribution in [0, 0.1) is 5.92 Å². The van der Waals surface area contributed by atoms with Gasteiger partial charge in [0.05, 0.1) is 11.9 Å². The van der Waals surface area contributed by atoms with Crippen molar-refractivity contribution in [2.24, 2.45) is 5.92 Å². The molecule has 4 N–H and O–H groups in total. The van der Waals surface area contributed by atoms with Crippen LogP contribution in [0.3, 0.4) is 0 Å². The number of ether oxygens (including phenoxy) is 1. The second-order valence-corrected chi connectivity index (χ2v) is 9.02. The number of likely N-dealkylation sites (N-methyl/N-ethyl adjacent to an activating group) is 1. The van der Waals surface area contributed by atoms with Gasteiger partial charge in [-0.3, -0.25) is 0 Å². The van der Waals surface area contributed by atoms with E-state index in [-0.39, 0.29) is 18.3 Å². The standard InChI is InChI=1S/C18H32N4O5S/c1-11(2)14-20-12(10-28-14)9-22(6)16(25)21-13(15(23)24)7-8-19-17(26)27-18(3,4)5/h10-11,13-14,20H,7-9H2,1-6H3,(H,19,26)(H,21,25)(H,23,24)/t13-,14?/m0/s1. The van der Waals surface area contributed by atoms with E-state index in [0.717, 1.165) is 5.70 Å². The van der Waals surface area contributed by atoms with Crippen LogP contribution in [0.25, 0.3) is 0 Å². The largest absolute Gasteiger partial charge is 0.480 e. The lowest BCUT2D eigenvalue weighted by molar-refractivity contribution is -0.139. The molecule has 1 rings (SSSR count). The topological polar surface area (TPSA) is 120 Å². The average molecular weight is 417 g/mol. The summed E-state index contributed by atoms with van der Waals surface area (Å²) in [7, 11) is 1.60. The first-order chi connectivity index (χ1) is 12.9. The Morgan fingerprint density at radius 3 is 2.50 bits per heavy atom. The summed E-state index contributed by atoms with van der Waals surface area (Å²) >= 11 is 1.67. The highest BCUT2D eigenvalue weighted by Crippen LogP contribution is 2.26. The van der Waals surface area contributed by atoms with Gasteiger partial charge in [-0.15, -0.1) is 11.8 Å². The van der Waals surface area contributed by atoms with E-state index in [1.807, 2.05) is 5.41 Å². The molecule has 160 valence electrons. The molecular formula is C18H32N4O5S. The zero-order valence-electron chi connectivity index (χ0n) is 17.4. The second kappa shape index (κ2) is 10.4. The number of aliphatic carboxylic acids is 1. The number of amides is 3. The summed E-state index contributed by atoms with van der Waals surface area (Å²) < 4.78 is 5.09. The molecule has 0 radical (unpaired) electrons. The van der Waals surface area contributed by atoms with Crippen LogP contribution in [-0.2, 0) is 9.53 Å². The van der Waals surface area contributed by atoms with Crippen molar-refractivity contribution in [3.63, 3.8) is 0 Å². The fourth-order valence-corrected chi connectivity index (χ4v) is 3.28. The molecule has 0 aliphatic carbocycles. The third kappa shape index (κ3) is 8.73. The van der Waals surface area contributed by atoms with E-state index >= 15 is 0 Å². The number of urea groups is 1. The Kier molecular flexibility index (Phi) is 8.93. The van der Waals surface area contributed by atoms with Crippen LogP contribution in [0.15, 0.2) is 11.1 Å². The molecule has 9 nitrogen and oxygen atoms in total. The van der Waals surface area contributed by atoms with Crippen LogP contribution in [0.1, 0.15) is 41.0 Å². The highest BCUT2D eigenvalue weighted by Gasteiger charge is 2.25. The van der Waals surface area contributed by atoms with Gasteiger partial charge in [0.15, 0.2) is 0 Å². The number of rotatable bonds is 8. The molecule has 1 unspecified atom stereocenters. The predicted octanol–water partition coefficient (Wildman–Crippen LogP) is 2.16. The SMILES string of the molecule is CC(C)C1NC(CN(C)C(=O)N[C@@H](CCNC(=O)OC(C)(C)C)C(=O)O)=CS1. The number of alkyl carbamates (subject to hydrolysis) is 1. The van der Waals surface area contributed by atoms with E-state index in [9.17, 15) is 19.5 Å². The van der Waals surface area contributed by atoms with Crippen LogP contribution < -0.4 is 16.0 Å². The van der Waals surface area contributed by atoms with Gasteiger partial charge in [0.2, 0.25) is 0 Å². The molecule has 0 aromatic carbocycles. The molecule has 3 amide bonds. The minimum absolute atomic E-state index is 0.0420. The molecule has 0 fully saturated rings. The summed E-state index contributed by atoms with van der Waals surface area (Å²) in [5, 5.41) is 19.9. The maximum Gasteiger partial charge on any atom is 0.407 e. The van der Waals surface area contributed by atoms with Crippen molar-refractivity contribution in [3.05, 3.63) is 11.1 Å². The Bertz CT molecular complexity index is 603. The molecule has 0 bridgehead atoms. The minimum Gasteiger partial charge on any atom is -0.480 e. The second-order valence-electron chi connectivity index (χ2n) is 8.00. The van der Waals surface area contributed by atoms with E-state index in [0.29, 0.717) is 12.5 Å². The summed E-state index contributed by atoms with van der Waals surface area (Å²) in [5.41, 5.74) is 0.281. The van der Waals surface area contributed by atoms with Gasteiger partial charge in [-0.1, -0.05) is 13.8 Å². The fraction of sp³-hybridized carbons (Fsp3) is 0.722. The third-order valence-electron chi connectivity index (χ3n) is 3.74. The van der Waals surface area contributed by atoms with Crippen LogP contribution in [0.2, 0.25) is 0 Å². The molecular weight excluding hydrogens is 384 g/mol. The number of nitrogens with zero attached hydrogens (tertiary/aromatic N) is 1. The molecule has 0 saturated heterocycles. The van der Waals surface area contributed by atoms with Crippen molar-refractivity contribution in [2.45, 2.75) is 58.1 Å². The molecule has 10 heteroatoms. The normalized spacial score (nSPS) is 17.4. The van der Waals surface area contributed by atoms with E-state index in [1.54, 1.807) is 39.6 Å². The number of carboxylic acid groups (broad SMARTS) is 1. The maximum atomic E-state index is 12.3. The molecule has 2 atom stereocenters. The van der Waals surface area contributed by atoms with E-state index in [4.69, 9.17) is 4.74 Å². The van der Waals surface area contributed by atoms with Gasteiger partial charge < -0.3 is 30.7 Å². The number of carbonyl (C=O) groups excluding carboxylic acids is 2. The molecule has 0 spiro atoms. The molecule has 0 aromatic heterocycles. The van der Waals surface area contributed by atoms with Gasteiger partial charge in [0.25, 0.3) is 0 Å². The summed E-state index contributed by atoms with van der Waals surface area (Å²) in [6.45, 7) is 9.85. The highest BCUT2D eigenvalue weighted by atomic mass is 32.2. The van der Waals surface area contributed by atoms with Crippen molar-refractivity contribution in [2.75, 3.05) is 20.1 Å². The van der Waals surface area contributed by atoms with E-state index in [1.165, 1.54) is 4.90 Å². The molecule has 28 heavy (non-hydrogen) atoms. The van der Waals surface area contributed by atoms with E-state index < -0.39 is 29.7 Å². The summed E-state index contributed by atoms with van der Waals surface area (Å²) in [6, 6.07) is -1.61. The number of hydrogen-bond donors (Lipinski definition) is 4. The number of nitrogens with one attached hydrogen (secondary N) is 3. The predicted molar refractivity (Wildman–Crippen MR) is 109 cm³/mol. The quantitative estimate of drug-likeness (QED) is 0.478. The summed E-state index contributed by atoms with van der Waals surface area (Å²) in [4.78, 5) is 36.8. The lowest BCUT2D eigenvalue weighted by atomic mass is 10.2. The first kappa shape index (κ1) is 23.9. The van der Waals surface area contributed by atoms with Crippen molar-refractivity contribution >= 4 is 29.9 Å². The zero-order valence-corrected chi connectivity index (χ0v) is 18.2. The average Bonchev–Trinajstić information content (AvgIpc) is 3.00. The Balaban J connectivity index is 2.45.